The molecule has 0 fully saturated rings. The second-order valence-corrected chi connectivity index (χ2v) is 5.55. The van der Waals surface area contributed by atoms with Gasteiger partial charge in [0.2, 0.25) is 0 Å². The molecule has 0 aromatic carbocycles. The maximum Gasteiger partial charge on any atom is 0.137 e. The Labute approximate surface area is 125 Å². The Morgan fingerprint density at radius 3 is 2.80 bits per heavy atom. The van der Waals surface area contributed by atoms with Gasteiger partial charge in [-0.3, -0.25) is 4.98 Å². The summed E-state index contributed by atoms with van der Waals surface area (Å²) in [5.41, 5.74) is 3.80. The van der Waals surface area contributed by atoms with Gasteiger partial charge in [0.1, 0.15) is 5.75 Å². The van der Waals surface area contributed by atoms with Crippen molar-refractivity contribution in [3.63, 3.8) is 0 Å². The molecular formula is C16H22N2OS. The molecule has 4 heteroatoms. The molecule has 1 atom stereocenters. The van der Waals surface area contributed by atoms with Crippen molar-refractivity contribution in [2.75, 3.05) is 13.2 Å². The van der Waals surface area contributed by atoms with E-state index in [0.29, 0.717) is 0 Å². The van der Waals surface area contributed by atoms with E-state index < -0.39 is 0 Å². The number of aromatic nitrogens is 1. The van der Waals surface area contributed by atoms with Crippen LogP contribution in [0.2, 0.25) is 0 Å². The first-order valence-corrected chi connectivity index (χ1v) is 8.04. The number of rotatable bonds is 7. The van der Waals surface area contributed by atoms with E-state index in [2.05, 4.69) is 47.9 Å². The van der Waals surface area contributed by atoms with E-state index >= 15 is 0 Å². The van der Waals surface area contributed by atoms with Gasteiger partial charge in [0, 0.05) is 6.20 Å². The second-order valence-electron chi connectivity index (χ2n) is 4.80. The first-order chi connectivity index (χ1) is 9.76. The number of thiophene rings is 1. The highest BCUT2D eigenvalue weighted by Crippen LogP contribution is 2.28. The summed E-state index contributed by atoms with van der Waals surface area (Å²) in [7, 11) is 0. The van der Waals surface area contributed by atoms with Gasteiger partial charge in [-0.05, 0) is 53.4 Å². The van der Waals surface area contributed by atoms with Crippen LogP contribution in [0.4, 0.5) is 0 Å². The zero-order valence-electron chi connectivity index (χ0n) is 12.3. The van der Waals surface area contributed by atoms with E-state index in [1.165, 1.54) is 11.1 Å². The molecule has 0 radical (unpaired) electrons. The molecule has 2 rings (SSSR count). The third kappa shape index (κ3) is 3.58. The minimum Gasteiger partial charge on any atom is -0.492 e. The van der Waals surface area contributed by atoms with Gasteiger partial charge in [-0.25, -0.2) is 0 Å². The Morgan fingerprint density at radius 1 is 1.30 bits per heavy atom. The van der Waals surface area contributed by atoms with E-state index in [-0.39, 0.29) is 6.04 Å². The number of nitrogens with zero attached hydrogens (tertiary/aromatic N) is 1. The van der Waals surface area contributed by atoms with Crippen LogP contribution in [0.25, 0.3) is 0 Å². The lowest BCUT2D eigenvalue weighted by Crippen LogP contribution is -2.22. The molecule has 0 aliphatic rings. The minimum absolute atomic E-state index is 0.184. The molecule has 108 valence electrons. The molecule has 0 spiro atoms. The van der Waals surface area contributed by atoms with Gasteiger partial charge >= 0.3 is 0 Å². The van der Waals surface area contributed by atoms with Crippen LogP contribution >= 0.6 is 11.3 Å². The molecule has 0 saturated carbocycles. The Hall–Kier alpha value is -1.39. The smallest absolute Gasteiger partial charge is 0.137 e. The Bertz CT molecular complexity index is 539. The quantitative estimate of drug-likeness (QED) is 0.838. The molecule has 2 heterocycles. The van der Waals surface area contributed by atoms with Gasteiger partial charge in [0.05, 0.1) is 18.8 Å². The summed E-state index contributed by atoms with van der Waals surface area (Å²) in [5.74, 6) is 0.847. The highest BCUT2D eigenvalue weighted by atomic mass is 32.1. The van der Waals surface area contributed by atoms with Crippen molar-refractivity contribution in [3.8, 4) is 5.75 Å². The molecular weight excluding hydrogens is 268 g/mol. The molecule has 0 aliphatic carbocycles. The lowest BCUT2D eigenvalue weighted by molar-refractivity contribution is 0.315. The molecule has 2 aromatic rings. The molecule has 0 bridgehead atoms. The first-order valence-electron chi connectivity index (χ1n) is 7.10. The van der Waals surface area contributed by atoms with Crippen LogP contribution in [0.5, 0.6) is 5.75 Å². The minimum atomic E-state index is 0.184. The van der Waals surface area contributed by atoms with Gasteiger partial charge in [-0.1, -0.05) is 13.8 Å². The van der Waals surface area contributed by atoms with E-state index in [0.717, 1.165) is 30.9 Å². The summed E-state index contributed by atoms with van der Waals surface area (Å²) in [4.78, 5) is 4.32. The zero-order chi connectivity index (χ0) is 14.4. The van der Waals surface area contributed by atoms with Crippen molar-refractivity contribution >= 4 is 11.3 Å². The topological polar surface area (TPSA) is 34.1 Å². The molecule has 0 amide bonds. The second kappa shape index (κ2) is 7.41. The van der Waals surface area contributed by atoms with Crippen LogP contribution in [0.15, 0.2) is 29.2 Å². The third-order valence-corrected chi connectivity index (χ3v) is 4.03. The highest BCUT2D eigenvalue weighted by Gasteiger charge is 2.16. The van der Waals surface area contributed by atoms with Gasteiger partial charge in [0.25, 0.3) is 0 Å². The molecule has 1 unspecified atom stereocenters. The van der Waals surface area contributed by atoms with E-state index in [1.54, 1.807) is 17.5 Å². The van der Waals surface area contributed by atoms with E-state index in [1.807, 2.05) is 6.20 Å². The normalized spacial score (nSPS) is 12.3. The van der Waals surface area contributed by atoms with Crippen molar-refractivity contribution in [3.05, 3.63) is 45.9 Å². The van der Waals surface area contributed by atoms with Crippen molar-refractivity contribution in [1.82, 2.24) is 10.3 Å². The van der Waals surface area contributed by atoms with Crippen molar-refractivity contribution in [2.24, 2.45) is 0 Å². The number of ether oxygens (including phenoxy) is 1. The van der Waals surface area contributed by atoms with Crippen LogP contribution in [0.1, 0.15) is 43.0 Å². The predicted octanol–water partition coefficient (Wildman–Crippen LogP) is 3.94. The van der Waals surface area contributed by atoms with Gasteiger partial charge in [-0.2, -0.15) is 11.3 Å². The summed E-state index contributed by atoms with van der Waals surface area (Å²) in [6, 6.07) is 2.27. The first kappa shape index (κ1) is 15.0. The maximum absolute atomic E-state index is 5.68. The fraction of sp³-hybridized carbons (Fsp3) is 0.438. The molecule has 3 nitrogen and oxygen atoms in total. The van der Waals surface area contributed by atoms with Gasteiger partial charge in [0.15, 0.2) is 0 Å². The summed E-state index contributed by atoms with van der Waals surface area (Å²) >= 11 is 1.74. The highest BCUT2D eigenvalue weighted by molar-refractivity contribution is 7.08. The summed E-state index contributed by atoms with van der Waals surface area (Å²) < 4.78 is 5.68. The van der Waals surface area contributed by atoms with Crippen molar-refractivity contribution in [2.45, 2.75) is 33.2 Å². The predicted molar refractivity (Wildman–Crippen MR) is 84.6 cm³/mol. The molecule has 1 N–H and O–H groups in total. The molecule has 2 aromatic heterocycles. The Balaban J connectivity index is 2.27. The van der Waals surface area contributed by atoms with Crippen molar-refractivity contribution < 1.29 is 4.74 Å². The third-order valence-electron chi connectivity index (χ3n) is 3.15. The fourth-order valence-electron chi connectivity index (χ4n) is 2.17. The zero-order valence-corrected chi connectivity index (χ0v) is 13.2. The Kier molecular flexibility index (Phi) is 5.56. The summed E-state index contributed by atoms with van der Waals surface area (Å²) in [5, 5.41) is 7.93. The Morgan fingerprint density at radius 2 is 2.15 bits per heavy atom. The number of hydrogen-bond donors (Lipinski definition) is 1. The standard InChI is InChI=1S/C16H22N2OS/c1-4-6-19-14-7-13(8-17-9-14)16(18-5-2)15-11-20-10-12(15)3/h7-11,16,18H,4-6H2,1-3H3. The number of pyridine rings is 1. The average Bonchev–Trinajstić information content (AvgIpc) is 2.89. The largest absolute Gasteiger partial charge is 0.492 e. The number of hydrogen-bond acceptors (Lipinski definition) is 4. The number of nitrogens with one attached hydrogen (secondary N) is 1. The van der Waals surface area contributed by atoms with Crippen LogP contribution in [0, 0.1) is 6.92 Å². The van der Waals surface area contributed by atoms with Gasteiger partial charge in [-0.15, -0.1) is 0 Å². The number of aryl methyl sites for hydroxylation is 1. The summed E-state index contributed by atoms with van der Waals surface area (Å²) in [6.45, 7) is 8.03. The monoisotopic (exact) mass is 290 g/mol. The SMILES string of the molecule is CCCOc1cncc(C(NCC)c2cscc2C)c1. The molecule has 20 heavy (non-hydrogen) atoms. The van der Waals surface area contributed by atoms with Crippen LogP contribution < -0.4 is 10.1 Å². The lowest BCUT2D eigenvalue weighted by Gasteiger charge is -2.19. The maximum atomic E-state index is 5.68. The fourth-order valence-corrected chi connectivity index (χ4v) is 3.05. The van der Waals surface area contributed by atoms with Crippen molar-refractivity contribution in [1.29, 1.82) is 0 Å². The van der Waals surface area contributed by atoms with Crippen LogP contribution in [-0.2, 0) is 0 Å². The van der Waals surface area contributed by atoms with E-state index in [4.69, 9.17) is 4.74 Å². The molecule has 0 saturated heterocycles. The van der Waals surface area contributed by atoms with Crippen LogP contribution in [-0.4, -0.2) is 18.1 Å². The average molecular weight is 290 g/mol. The lowest BCUT2D eigenvalue weighted by atomic mass is 10.00. The van der Waals surface area contributed by atoms with Gasteiger partial charge < -0.3 is 10.1 Å². The summed E-state index contributed by atoms with van der Waals surface area (Å²) in [6.07, 6.45) is 4.70. The molecule has 0 aliphatic heterocycles. The van der Waals surface area contributed by atoms with E-state index in [9.17, 15) is 0 Å². The van der Waals surface area contributed by atoms with Crippen LogP contribution in [0.3, 0.4) is 0 Å².